The molecule has 0 aromatic heterocycles. The lowest BCUT2D eigenvalue weighted by molar-refractivity contribution is -0.327. The molecule has 2 aliphatic heterocycles. The molecule has 0 spiro atoms. The molecule has 5 aliphatic carbocycles. The largest absolute Gasteiger partial charge is 0.388 e. The van der Waals surface area contributed by atoms with Gasteiger partial charge >= 0.3 is 0 Å². The van der Waals surface area contributed by atoms with E-state index < -0.39 is 61.4 Å². The fourth-order valence-corrected chi connectivity index (χ4v) is 14.4. The molecule has 0 amide bonds. The summed E-state index contributed by atoms with van der Waals surface area (Å²) in [4.78, 5) is 0. The molecule has 7 fully saturated rings. The van der Waals surface area contributed by atoms with Crippen molar-refractivity contribution < 1.29 is 49.6 Å². The SMILES string of the molecule is C=C(C)[C@@H]1CC[C@]2(CO[C@@H]3O[C@@H](C)[C@H](O)[C@@H](O)[C@H]3O)CC[C@]3(C)[C@H](CCC4[C@@]5(C)CC[C@H](O[C@@H]6O[C@@H](C)[C@H](O)[C@@H](O)[C@H]6O)C(C)(C)C5CC[C@]43C)[C@@H]12. The van der Waals surface area contributed by atoms with Crippen LogP contribution >= 0.6 is 0 Å². The van der Waals surface area contributed by atoms with Gasteiger partial charge in [0.05, 0.1) is 24.9 Å². The molecule has 0 bridgehead atoms. The average molecular weight is 735 g/mol. The van der Waals surface area contributed by atoms with Gasteiger partial charge in [-0.1, -0.05) is 46.8 Å². The monoisotopic (exact) mass is 734 g/mol. The van der Waals surface area contributed by atoms with Gasteiger partial charge in [-0.2, -0.15) is 0 Å². The van der Waals surface area contributed by atoms with Gasteiger partial charge < -0.3 is 49.6 Å². The summed E-state index contributed by atoms with van der Waals surface area (Å²) in [6.45, 7) is 23.1. The number of ether oxygens (including phenoxy) is 4. The van der Waals surface area contributed by atoms with Crippen molar-refractivity contribution in [2.24, 2.45) is 56.7 Å². The van der Waals surface area contributed by atoms with Gasteiger partial charge in [0, 0.05) is 0 Å². The first-order valence-electron chi connectivity index (χ1n) is 20.6. The van der Waals surface area contributed by atoms with E-state index in [-0.39, 0.29) is 33.2 Å². The molecule has 7 aliphatic rings. The Balaban J connectivity index is 1.12. The minimum absolute atomic E-state index is 0.0598. The van der Waals surface area contributed by atoms with Gasteiger partial charge in [0.25, 0.3) is 0 Å². The maximum Gasteiger partial charge on any atom is 0.186 e. The van der Waals surface area contributed by atoms with Crippen molar-refractivity contribution >= 4 is 0 Å². The van der Waals surface area contributed by atoms with Gasteiger partial charge in [-0.3, -0.25) is 0 Å². The Morgan fingerprint density at radius 3 is 1.90 bits per heavy atom. The third-order valence-corrected chi connectivity index (χ3v) is 17.6. The second-order valence-electron chi connectivity index (χ2n) is 20.2. The molecule has 7 rings (SSSR count). The Kier molecular flexibility index (Phi) is 10.3. The molecule has 6 N–H and O–H groups in total. The smallest absolute Gasteiger partial charge is 0.186 e. The minimum Gasteiger partial charge on any atom is -0.388 e. The van der Waals surface area contributed by atoms with Crippen LogP contribution in [-0.4, -0.2) is 105 Å². The summed E-state index contributed by atoms with van der Waals surface area (Å²) in [6.07, 6.45) is -0.0497. The summed E-state index contributed by atoms with van der Waals surface area (Å²) >= 11 is 0. The van der Waals surface area contributed by atoms with E-state index >= 15 is 0 Å². The number of allylic oxidation sites excluding steroid dienone is 1. The van der Waals surface area contributed by atoms with Gasteiger partial charge in [0.1, 0.15) is 36.6 Å². The predicted molar refractivity (Wildman–Crippen MR) is 195 cm³/mol. The van der Waals surface area contributed by atoms with Crippen molar-refractivity contribution in [3.05, 3.63) is 12.2 Å². The van der Waals surface area contributed by atoms with Gasteiger partial charge in [-0.05, 0) is 142 Å². The summed E-state index contributed by atoms with van der Waals surface area (Å²) in [5.74, 6) is 2.33. The molecule has 0 aromatic carbocycles. The van der Waals surface area contributed by atoms with Crippen molar-refractivity contribution in [3.63, 3.8) is 0 Å². The fraction of sp³-hybridized carbons (Fsp3) is 0.952. The molecule has 20 atom stereocenters. The predicted octanol–water partition coefficient (Wildman–Crippen LogP) is 4.70. The van der Waals surface area contributed by atoms with Crippen LogP contribution in [0.2, 0.25) is 0 Å². The van der Waals surface area contributed by atoms with Crippen LogP contribution in [-0.2, 0) is 18.9 Å². The summed E-state index contributed by atoms with van der Waals surface area (Å²) in [6, 6.07) is 0. The van der Waals surface area contributed by atoms with Gasteiger partial charge in [-0.15, -0.1) is 0 Å². The lowest BCUT2D eigenvalue weighted by Gasteiger charge is -2.73. The fourth-order valence-electron chi connectivity index (χ4n) is 14.4. The Hall–Kier alpha value is -0.660. The van der Waals surface area contributed by atoms with Crippen molar-refractivity contribution in [2.75, 3.05) is 6.61 Å². The zero-order chi connectivity index (χ0) is 37.9. The van der Waals surface area contributed by atoms with Crippen molar-refractivity contribution in [2.45, 2.75) is 187 Å². The van der Waals surface area contributed by atoms with E-state index in [0.717, 1.165) is 51.4 Å². The van der Waals surface area contributed by atoms with Crippen molar-refractivity contribution in [1.82, 2.24) is 0 Å². The quantitative estimate of drug-likeness (QED) is 0.167. The van der Waals surface area contributed by atoms with Crippen LogP contribution in [0.1, 0.15) is 120 Å². The first-order valence-corrected chi connectivity index (χ1v) is 20.6. The van der Waals surface area contributed by atoms with Crippen LogP contribution in [0, 0.1) is 56.7 Å². The van der Waals surface area contributed by atoms with Crippen LogP contribution in [0.4, 0.5) is 0 Å². The summed E-state index contributed by atoms with van der Waals surface area (Å²) in [5, 5.41) is 63.1. The lowest BCUT2D eigenvalue weighted by atomic mass is 9.32. The van der Waals surface area contributed by atoms with E-state index in [1.807, 2.05) is 0 Å². The lowest BCUT2D eigenvalue weighted by Crippen LogP contribution is -2.67. The topological polar surface area (TPSA) is 158 Å². The Bertz CT molecular complexity index is 1340. The molecule has 0 aromatic rings. The van der Waals surface area contributed by atoms with Gasteiger partial charge in [0.2, 0.25) is 0 Å². The van der Waals surface area contributed by atoms with E-state index in [9.17, 15) is 30.6 Å². The van der Waals surface area contributed by atoms with Crippen molar-refractivity contribution in [1.29, 1.82) is 0 Å². The molecule has 0 radical (unpaired) electrons. The second kappa shape index (κ2) is 13.5. The van der Waals surface area contributed by atoms with E-state index in [2.05, 4.69) is 48.1 Å². The van der Waals surface area contributed by atoms with Gasteiger partial charge in [0.15, 0.2) is 12.6 Å². The van der Waals surface area contributed by atoms with E-state index in [0.29, 0.717) is 36.2 Å². The zero-order valence-electron chi connectivity index (χ0n) is 33.0. The molecule has 52 heavy (non-hydrogen) atoms. The number of hydrogen-bond donors (Lipinski definition) is 6. The normalized spacial score (nSPS) is 57.3. The molecule has 10 nitrogen and oxygen atoms in total. The van der Waals surface area contributed by atoms with Crippen LogP contribution in [0.25, 0.3) is 0 Å². The molecular weight excluding hydrogens is 664 g/mol. The third-order valence-electron chi connectivity index (χ3n) is 17.6. The molecule has 2 unspecified atom stereocenters. The molecule has 2 saturated heterocycles. The standard InChI is InChI=1S/C42H70O10/c1-21(2)24-12-17-42(20-49-36-34(47)32(45)30(43)22(3)50-36)19-18-40(8)25(29(24)42)10-11-27-39(7)15-14-28(38(5,6)26(39)13-16-41(27,40)9)52-37-35(48)33(46)31(44)23(4)51-37/h22-37,43-48H,1,10-20H2,2-9H3/t22-,23-,24-,25+,26?,27?,28-,29+,30-,31-,32+,33+,34+,35+,36+,37-,39-,40+,41+,42+/m0/s1. The third kappa shape index (κ3) is 5.69. The highest BCUT2D eigenvalue weighted by molar-refractivity contribution is 5.22. The molecule has 5 saturated carbocycles. The average Bonchev–Trinajstić information content (AvgIpc) is 3.48. The first-order chi connectivity index (χ1) is 24.2. The van der Waals surface area contributed by atoms with E-state index in [1.165, 1.54) is 18.4 Å². The second-order valence-corrected chi connectivity index (χ2v) is 20.2. The van der Waals surface area contributed by atoms with E-state index in [4.69, 9.17) is 18.9 Å². The van der Waals surface area contributed by atoms with Crippen molar-refractivity contribution in [3.8, 4) is 0 Å². The highest BCUT2D eigenvalue weighted by Crippen LogP contribution is 2.77. The first kappa shape index (κ1) is 39.6. The summed E-state index contributed by atoms with van der Waals surface area (Å²) in [7, 11) is 0. The molecular formula is C42H70O10. The van der Waals surface area contributed by atoms with Crippen LogP contribution < -0.4 is 0 Å². The maximum absolute atomic E-state index is 10.8. The summed E-state index contributed by atoms with van der Waals surface area (Å²) in [5.41, 5.74) is 1.42. The minimum atomic E-state index is -1.31. The number of aliphatic hydroxyl groups excluding tert-OH is 6. The molecule has 10 heteroatoms. The zero-order valence-corrected chi connectivity index (χ0v) is 33.0. The highest BCUT2D eigenvalue weighted by atomic mass is 16.7. The number of aliphatic hydroxyl groups is 6. The summed E-state index contributed by atoms with van der Waals surface area (Å²) < 4.78 is 24.9. The Morgan fingerprint density at radius 2 is 1.27 bits per heavy atom. The number of fused-ring (bicyclic) bond motifs is 7. The van der Waals surface area contributed by atoms with Gasteiger partial charge in [-0.25, -0.2) is 0 Å². The van der Waals surface area contributed by atoms with Crippen LogP contribution in [0.5, 0.6) is 0 Å². The van der Waals surface area contributed by atoms with Crippen LogP contribution in [0.3, 0.4) is 0 Å². The Morgan fingerprint density at radius 1 is 0.654 bits per heavy atom. The highest BCUT2D eigenvalue weighted by Gasteiger charge is 2.71. The van der Waals surface area contributed by atoms with E-state index in [1.54, 1.807) is 13.8 Å². The Labute approximate surface area is 311 Å². The number of hydrogen-bond acceptors (Lipinski definition) is 10. The maximum atomic E-state index is 10.8. The molecule has 2 heterocycles. The molecule has 298 valence electrons. The number of rotatable bonds is 6. The van der Waals surface area contributed by atoms with Crippen LogP contribution in [0.15, 0.2) is 12.2 Å².